The van der Waals surface area contributed by atoms with Crippen LogP contribution in [0.15, 0.2) is 30.3 Å². The molecular weight excluding hydrogens is 248 g/mol. The van der Waals surface area contributed by atoms with E-state index < -0.39 is 8.07 Å². The second-order valence-corrected chi connectivity index (χ2v) is 11.2. The lowest BCUT2D eigenvalue weighted by molar-refractivity contribution is 0.00875. The Morgan fingerprint density at radius 2 is 1.95 bits per heavy atom. The molecule has 2 atom stereocenters. The van der Waals surface area contributed by atoms with Crippen molar-refractivity contribution < 1.29 is 4.74 Å². The molecule has 1 aliphatic rings. The van der Waals surface area contributed by atoms with Crippen LogP contribution in [0, 0.1) is 0 Å². The van der Waals surface area contributed by atoms with E-state index >= 15 is 0 Å². The molecule has 0 radical (unpaired) electrons. The number of unbranched alkanes of at least 4 members (excludes halogenated alkanes) is 1. The van der Waals surface area contributed by atoms with Crippen LogP contribution in [0.4, 0.5) is 0 Å². The highest BCUT2D eigenvalue weighted by molar-refractivity contribution is 6.91. The maximum absolute atomic E-state index is 6.14. The zero-order valence-electron chi connectivity index (χ0n) is 12.7. The Bertz CT molecular complexity index is 374. The molecule has 1 fully saturated rings. The largest absolute Gasteiger partial charge is 0.378 e. The van der Waals surface area contributed by atoms with Gasteiger partial charge in [-0.1, -0.05) is 68.4 Å². The summed E-state index contributed by atoms with van der Waals surface area (Å²) in [5.74, 6) is 0. The first-order chi connectivity index (χ1) is 9.16. The fourth-order valence-corrected chi connectivity index (χ4v) is 7.04. The highest BCUT2D eigenvalue weighted by atomic mass is 28.3. The number of hydrogen-bond acceptors (Lipinski definition) is 1. The van der Waals surface area contributed by atoms with E-state index in [2.05, 4.69) is 50.3 Å². The van der Waals surface area contributed by atoms with Crippen molar-refractivity contribution in [3.05, 3.63) is 30.3 Å². The number of hydrogen-bond donors (Lipinski definition) is 0. The zero-order valence-corrected chi connectivity index (χ0v) is 13.7. The van der Waals surface area contributed by atoms with Crippen molar-refractivity contribution in [3.8, 4) is 0 Å². The number of rotatable bonds is 5. The van der Waals surface area contributed by atoms with E-state index in [1.165, 1.54) is 32.1 Å². The van der Waals surface area contributed by atoms with Crippen molar-refractivity contribution in [1.29, 1.82) is 0 Å². The van der Waals surface area contributed by atoms with Gasteiger partial charge in [-0.25, -0.2) is 0 Å². The predicted octanol–water partition coefficient (Wildman–Crippen LogP) is 4.34. The van der Waals surface area contributed by atoms with Crippen LogP contribution in [0.2, 0.25) is 18.6 Å². The second kappa shape index (κ2) is 6.71. The van der Waals surface area contributed by atoms with Crippen LogP contribution >= 0.6 is 0 Å². The van der Waals surface area contributed by atoms with E-state index in [0.717, 1.165) is 12.1 Å². The zero-order chi connectivity index (χ0) is 13.7. The SMILES string of the molecule is CCCC[C@@H]1OCCC[C@@H]1[Si](C)(C)c1ccccc1. The number of benzene rings is 1. The van der Waals surface area contributed by atoms with E-state index in [4.69, 9.17) is 4.74 Å². The molecule has 2 heteroatoms. The van der Waals surface area contributed by atoms with Crippen molar-refractivity contribution >= 4 is 13.3 Å². The molecule has 0 aliphatic carbocycles. The molecule has 0 aromatic heterocycles. The normalized spacial score (nSPS) is 24.4. The molecule has 1 saturated heterocycles. The molecule has 1 nitrogen and oxygen atoms in total. The van der Waals surface area contributed by atoms with Crippen LogP contribution in [0.3, 0.4) is 0 Å². The van der Waals surface area contributed by atoms with Crippen LogP contribution in [0.1, 0.15) is 39.0 Å². The van der Waals surface area contributed by atoms with Crippen molar-refractivity contribution in [2.24, 2.45) is 0 Å². The van der Waals surface area contributed by atoms with Crippen LogP contribution in [0.5, 0.6) is 0 Å². The highest BCUT2D eigenvalue weighted by Gasteiger charge is 2.40. The van der Waals surface area contributed by atoms with Gasteiger partial charge in [-0.2, -0.15) is 0 Å². The lowest BCUT2D eigenvalue weighted by atomic mass is 10.0. The number of ether oxygens (including phenoxy) is 1. The first-order valence-corrected chi connectivity index (χ1v) is 10.9. The standard InChI is InChI=1S/C17H28OSi/c1-4-5-12-16-17(13-9-14-18-16)19(2,3)15-10-7-6-8-11-15/h6-8,10-11,16-17H,4-5,9,12-14H2,1-3H3/t16-,17-/m0/s1. The van der Waals surface area contributed by atoms with Gasteiger partial charge in [0, 0.05) is 6.61 Å². The fraction of sp³-hybridized carbons (Fsp3) is 0.647. The van der Waals surface area contributed by atoms with Gasteiger partial charge in [0.15, 0.2) is 0 Å². The van der Waals surface area contributed by atoms with Gasteiger partial charge >= 0.3 is 0 Å². The molecule has 0 unspecified atom stereocenters. The summed E-state index contributed by atoms with van der Waals surface area (Å²) in [4.78, 5) is 0. The van der Waals surface area contributed by atoms with Crippen molar-refractivity contribution in [3.63, 3.8) is 0 Å². The monoisotopic (exact) mass is 276 g/mol. The summed E-state index contributed by atoms with van der Waals surface area (Å²) in [5.41, 5.74) is 0.787. The van der Waals surface area contributed by atoms with E-state index in [-0.39, 0.29) is 0 Å². The van der Waals surface area contributed by atoms with Gasteiger partial charge in [-0.15, -0.1) is 0 Å². The fourth-order valence-electron chi connectivity index (χ4n) is 3.44. The predicted molar refractivity (Wildman–Crippen MR) is 85.8 cm³/mol. The molecule has 19 heavy (non-hydrogen) atoms. The first kappa shape index (κ1) is 14.8. The Morgan fingerprint density at radius 3 is 2.63 bits per heavy atom. The van der Waals surface area contributed by atoms with E-state index in [9.17, 15) is 0 Å². The molecule has 0 saturated carbocycles. The summed E-state index contributed by atoms with van der Waals surface area (Å²) in [6, 6.07) is 11.2. The summed E-state index contributed by atoms with van der Waals surface area (Å²) < 4.78 is 6.14. The van der Waals surface area contributed by atoms with Crippen LogP contribution in [0.25, 0.3) is 0 Å². The molecule has 0 amide bonds. The lowest BCUT2D eigenvalue weighted by Crippen LogP contribution is -2.51. The Labute approximate surface area is 119 Å². The van der Waals surface area contributed by atoms with E-state index in [1.807, 2.05) is 0 Å². The van der Waals surface area contributed by atoms with Gasteiger partial charge in [0.1, 0.15) is 0 Å². The van der Waals surface area contributed by atoms with E-state index in [0.29, 0.717) is 6.10 Å². The smallest absolute Gasteiger partial charge is 0.0862 e. The van der Waals surface area contributed by atoms with Gasteiger partial charge < -0.3 is 4.74 Å². The average molecular weight is 276 g/mol. The summed E-state index contributed by atoms with van der Waals surface area (Å²) in [5, 5.41) is 1.59. The molecule has 0 bridgehead atoms. The Morgan fingerprint density at radius 1 is 1.21 bits per heavy atom. The van der Waals surface area contributed by atoms with Gasteiger partial charge in [0.2, 0.25) is 0 Å². The van der Waals surface area contributed by atoms with Gasteiger partial charge in [0.05, 0.1) is 14.2 Å². The minimum Gasteiger partial charge on any atom is -0.378 e. The Hall–Kier alpha value is -0.603. The van der Waals surface area contributed by atoms with Gasteiger partial charge in [-0.3, -0.25) is 0 Å². The van der Waals surface area contributed by atoms with Crippen molar-refractivity contribution in [2.45, 2.75) is 63.8 Å². The van der Waals surface area contributed by atoms with Crippen LogP contribution in [-0.2, 0) is 4.74 Å². The maximum Gasteiger partial charge on any atom is 0.0862 e. The molecular formula is C17H28OSi. The van der Waals surface area contributed by atoms with Crippen LogP contribution < -0.4 is 5.19 Å². The molecule has 1 aromatic rings. The lowest BCUT2D eigenvalue weighted by Gasteiger charge is -2.41. The molecule has 106 valence electrons. The molecule has 0 N–H and O–H groups in total. The third-order valence-corrected chi connectivity index (χ3v) is 9.06. The van der Waals surface area contributed by atoms with E-state index in [1.54, 1.807) is 5.19 Å². The first-order valence-electron chi connectivity index (χ1n) is 7.83. The summed E-state index contributed by atoms with van der Waals surface area (Å²) in [6.45, 7) is 8.31. The summed E-state index contributed by atoms with van der Waals surface area (Å²) in [7, 11) is -1.42. The molecule has 1 aliphatic heterocycles. The highest BCUT2D eigenvalue weighted by Crippen LogP contribution is 2.37. The van der Waals surface area contributed by atoms with Crippen molar-refractivity contribution in [1.82, 2.24) is 0 Å². The van der Waals surface area contributed by atoms with Crippen LogP contribution in [-0.4, -0.2) is 20.8 Å². The maximum atomic E-state index is 6.14. The van der Waals surface area contributed by atoms with Gasteiger partial charge in [0.25, 0.3) is 0 Å². The third-order valence-electron chi connectivity index (χ3n) is 4.73. The topological polar surface area (TPSA) is 9.23 Å². The molecule has 1 aromatic carbocycles. The third kappa shape index (κ3) is 3.49. The Balaban J connectivity index is 2.16. The van der Waals surface area contributed by atoms with Gasteiger partial charge in [-0.05, 0) is 24.8 Å². The minimum absolute atomic E-state index is 0.510. The quantitative estimate of drug-likeness (QED) is 0.727. The summed E-state index contributed by atoms with van der Waals surface area (Å²) >= 11 is 0. The molecule has 2 rings (SSSR count). The van der Waals surface area contributed by atoms with Crippen molar-refractivity contribution in [2.75, 3.05) is 6.61 Å². The molecule has 1 heterocycles. The minimum atomic E-state index is -1.42. The molecule has 0 spiro atoms. The Kier molecular flexibility index (Phi) is 5.23. The second-order valence-electron chi connectivity index (χ2n) is 6.39. The average Bonchev–Trinajstić information content (AvgIpc) is 2.46. The summed E-state index contributed by atoms with van der Waals surface area (Å²) in [6.07, 6.45) is 6.96.